The highest BCUT2D eigenvalue weighted by molar-refractivity contribution is 6.93. The van der Waals surface area contributed by atoms with Crippen LogP contribution in [-0.4, -0.2) is 25.2 Å². The van der Waals surface area contributed by atoms with Gasteiger partial charge in [-0.1, -0.05) is 24.3 Å². The maximum atomic E-state index is 11.9. The molecule has 0 fully saturated rings. The highest BCUT2D eigenvalue weighted by atomic mass is 16.6. The third kappa shape index (κ3) is 6.65. The second-order valence-corrected chi connectivity index (χ2v) is 4.23. The molecule has 0 saturated carbocycles. The van der Waals surface area contributed by atoms with Gasteiger partial charge in [0.2, 0.25) is 0 Å². The normalized spacial score (nSPS) is 9.05. The van der Waals surface area contributed by atoms with Crippen LogP contribution in [0, 0.1) is 0 Å². The molecule has 0 aliphatic heterocycles. The average Bonchev–Trinajstić information content (AvgIpc) is 2.38. The molecule has 0 aromatic rings. The summed E-state index contributed by atoms with van der Waals surface area (Å²) in [6, 6.07) is 0. The highest BCUT2D eigenvalue weighted by Crippen LogP contribution is 2.10. The molecule has 5 heteroatoms. The van der Waals surface area contributed by atoms with Crippen LogP contribution < -0.4 is 0 Å². The van der Waals surface area contributed by atoms with Gasteiger partial charge in [0, 0.05) is 0 Å². The summed E-state index contributed by atoms with van der Waals surface area (Å²) in [7, 11) is 0. The summed E-state index contributed by atoms with van der Waals surface area (Å²) in [5, 5.41) is 0. The van der Waals surface area contributed by atoms with Crippen molar-refractivity contribution in [3.8, 4) is 0 Å². The van der Waals surface area contributed by atoms with Crippen molar-refractivity contribution in [2.75, 3.05) is 0 Å². The molecule has 100 valence electrons. The molecule has 0 spiro atoms. The number of hydrogen-bond donors (Lipinski definition) is 0. The number of hydrogen-bond acceptors (Lipinski definition) is 3. The van der Waals surface area contributed by atoms with Crippen LogP contribution in [0.15, 0.2) is 50.6 Å². The lowest BCUT2D eigenvalue weighted by Crippen LogP contribution is -2.33. The number of carbonyl (C=O) groups excluding carboxylic acids is 2. The van der Waals surface area contributed by atoms with Crippen LogP contribution >= 0.6 is 0 Å². The van der Waals surface area contributed by atoms with Gasteiger partial charge in [0.05, 0.1) is 0 Å². The van der Waals surface area contributed by atoms with Crippen LogP contribution in [0.4, 0.5) is 9.59 Å². The zero-order valence-electron chi connectivity index (χ0n) is 11.3. The number of rotatable bonds is 10. The van der Waals surface area contributed by atoms with E-state index in [1.54, 1.807) is 24.3 Å². The highest BCUT2D eigenvalue weighted by Gasteiger charge is 2.29. The predicted molar refractivity (Wildman–Crippen MR) is 83.4 cm³/mol. The van der Waals surface area contributed by atoms with Crippen molar-refractivity contribution in [3.63, 3.8) is 0 Å². The van der Waals surface area contributed by atoms with Crippen molar-refractivity contribution < 1.29 is 14.3 Å². The van der Waals surface area contributed by atoms with Gasteiger partial charge in [-0.05, 0) is 25.3 Å². The molecule has 0 N–H and O–H groups in total. The molecular weight excluding hydrogens is 238 g/mol. The number of ether oxygens (including phenoxy) is 1. The van der Waals surface area contributed by atoms with E-state index in [1.165, 1.54) is 0 Å². The number of carbonyl (C=O) groups is 2. The molecule has 3 nitrogen and oxygen atoms in total. The quantitative estimate of drug-likeness (QED) is 0.336. The lowest BCUT2D eigenvalue weighted by molar-refractivity contribution is 0.182. The van der Waals surface area contributed by atoms with E-state index in [9.17, 15) is 9.59 Å². The average molecular weight is 258 g/mol. The lowest BCUT2D eigenvalue weighted by atomic mass is 9.43. The molecule has 0 aliphatic rings. The summed E-state index contributed by atoms with van der Waals surface area (Å²) in [4.78, 5) is 23.7. The zero-order chi connectivity index (χ0) is 14.7. The summed E-state index contributed by atoms with van der Waals surface area (Å²) in [5.74, 6) is -1.05. The second-order valence-electron chi connectivity index (χ2n) is 4.23. The van der Waals surface area contributed by atoms with E-state index in [4.69, 9.17) is 4.74 Å². The van der Waals surface area contributed by atoms with Gasteiger partial charge in [0.25, 0.3) is 25.2 Å². The molecule has 0 bridgehead atoms. The van der Waals surface area contributed by atoms with Gasteiger partial charge in [-0.15, -0.1) is 26.3 Å². The van der Waals surface area contributed by atoms with E-state index in [2.05, 4.69) is 26.3 Å². The van der Waals surface area contributed by atoms with Crippen LogP contribution in [-0.2, 0) is 4.74 Å². The van der Waals surface area contributed by atoms with Crippen LogP contribution in [0.25, 0.3) is 0 Å². The van der Waals surface area contributed by atoms with Gasteiger partial charge in [0.15, 0.2) is 0 Å². The molecule has 0 aromatic heterocycles. The van der Waals surface area contributed by atoms with Crippen molar-refractivity contribution in [1.29, 1.82) is 0 Å². The van der Waals surface area contributed by atoms with E-state index < -0.39 is 25.2 Å². The summed E-state index contributed by atoms with van der Waals surface area (Å²) in [5.41, 5.74) is 0. The van der Waals surface area contributed by atoms with Crippen LogP contribution in [0.5, 0.6) is 0 Å². The third-order valence-electron chi connectivity index (χ3n) is 2.67. The van der Waals surface area contributed by atoms with Gasteiger partial charge < -0.3 is 4.74 Å². The van der Waals surface area contributed by atoms with E-state index >= 15 is 0 Å². The van der Waals surface area contributed by atoms with E-state index in [1.807, 2.05) is 0 Å². The summed E-state index contributed by atoms with van der Waals surface area (Å²) >= 11 is 0. The smallest absolute Gasteiger partial charge is 0.286 e. The first-order valence-electron chi connectivity index (χ1n) is 6.29. The minimum absolute atomic E-state index is 0.396. The number of allylic oxidation sites excluding steroid dienone is 4. The van der Waals surface area contributed by atoms with E-state index in [0.29, 0.717) is 25.3 Å². The fraction of sp³-hybridized carbons (Fsp3) is 0.286. The Hall–Kier alpha value is -1.77. The Kier molecular flexibility index (Phi) is 9.23. The Morgan fingerprint density at radius 2 is 1.00 bits per heavy atom. The third-order valence-corrected chi connectivity index (χ3v) is 2.67. The lowest BCUT2D eigenvalue weighted by Gasteiger charge is -2.11. The summed E-state index contributed by atoms with van der Waals surface area (Å²) in [6.45, 7) is 13.5. The predicted octanol–water partition coefficient (Wildman–Crippen LogP) is 4.14. The Labute approximate surface area is 116 Å². The molecule has 0 saturated heterocycles. The fourth-order valence-corrected chi connectivity index (χ4v) is 1.65. The SMILES string of the molecule is C=CCB(CC=C)C(=O)OC(=O)B(CC=C)CC=C. The van der Waals surface area contributed by atoms with Gasteiger partial charge >= 0.3 is 0 Å². The molecule has 0 amide bonds. The molecule has 0 aromatic carbocycles. The minimum atomic E-state index is -0.525. The monoisotopic (exact) mass is 258 g/mol. The van der Waals surface area contributed by atoms with Gasteiger partial charge in [0.1, 0.15) is 0 Å². The first-order valence-corrected chi connectivity index (χ1v) is 6.29. The Morgan fingerprint density at radius 3 is 1.21 bits per heavy atom. The molecule has 0 heterocycles. The fourth-order valence-electron chi connectivity index (χ4n) is 1.65. The molecular formula is C14H20B2O3. The molecule has 19 heavy (non-hydrogen) atoms. The van der Waals surface area contributed by atoms with Crippen molar-refractivity contribution in [3.05, 3.63) is 50.6 Å². The van der Waals surface area contributed by atoms with Gasteiger partial charge in [-0.2, -0.15) is 0 Å². The van der Waals surface area contributed by atoms with Gasteiger partial charge in [-0.25, -0.2) is 0 Å². The van der Waals surface area contributed by atoms with Crippen LogP contribution in [0.2, 0.25) is 25.3 Å². The standard InChI is InChI=1S/C14H20B2O3/c1-5-9-15(10-6-2)13(17)19-14(18)16(11-7-3)12-8-4/h5-8H,1-4,9-12H2. The van der Waals surface area contributed by atoms with Crippen molar-refractivity contribution in [2.24, 2.45) is 0 Å². The van der Waals surface area contributed by atoms with Crippen LogP contribution in [0.1, 0.15) is 0 Å². The Morgan fingerprint density at radius 1 is 0.737 bits per heavy atom. The summed E-state index contributed by atoms with van der Waals surface area (Å²) < 4.78 is 4.92. The Balaban J connectivity index is 4.60. The zero-order valence-corrected chi connectivity index (χ0v) is 11.3. The molecule has 0 rings (SSSR count). The van der Waals surface area contributed by atoms with Crippen LogP contribution in [0.3, 0.4) is 0 Å². The molecule has 0 radical (unpaired) electrons. The minimum Gasteiger partial charge on any atom is -0.410 e. The maximum absolute atomic E-state index is 11.9. The van der Waals surface area contributed by atoms with Crippen molar-refractivity contribution in [2.45, 2.75) is 25.3 Å². The van der Waals surface area contributed by atoms with Gasteiger partial charge in [-0.3, -0.25) is 9.59 Å². The first kappa shape index (κ1) is 17.2. The van der Waals surface area contributed by atoms with E-state index in [0.717, 1.165) is 0 Å². The van der Waals surface area contributed by atoms with E-state index in [-0.39, 0.29) is 0 Å². The molecule has 0 unspecified atom stereocenters. The first-order chi connectivity index (χ1) is 9.10. The van der Waals surface area contributed by atoms with Crippen molar-refractivity contribution in [1.82, 2.24) is 0 Å². The molecule has 0 aliphatic carbocycles. The Bertz CT molecular complexity index is 310. The maximum Gasteiger partial charge on any atom is 0.286 e. The second kappa shape index (κ2) is 10.2. The van der Waals surface area contributed by atoms with Crippen molar-refractivity contribution >= 4 is 25.2 Å². The molecule has 0 atom stereocenters. The largest absolute Gasteiger partial charge is 0.410 e. The summed E-state index contributed by atoms with van der Waals surface area (Å²) in [6.07, 6.45) is 8.38. The topological polar surface area (TPSA) is 43.4 Å².